The van der Waals surface area contributed by atoms with Crippen LogP contribution < -0.4 is 5.43 Å². The number of rotatable bonds is 2. The Morgan fingerprint density at radius 3 is 2.12 bits per heavy atom. The van der Waals surface area contributed by atoms with E-state index in [1.807, 2.05) is 54.6 Å². The first-order chi connectivity index (χ1) is 21.0. The summed E-state index contributed by atoms with van der Waals surface area (Å²) in [6.07, 6.45) is 0. The molecule has 0 amide bonds. The molecule has 9 rings (SSSR count). The van der Waals surface area contributed by atoms with Crippen molar-refractivity contribution in [3.05, 3.63) is 149 Å². The van der Waals surface area contributed by atoms with E-state index in [9.17, 15) is 4.79 Å². The standard InChI is InChI=1S/C40H27NO2/c1-40(2)33-14-8-6-12-27(33)31-22-32-28-13-7-9-15-35(28)41(36(32)23-34(31)40)26-17-19-30-38(21-26)43-37-20-25(16-18-29(37)39(30)42)24-10-4-3-5-11-24/h3-23H,1-2H3. The molecule has 8 aromatic rings. The first-order valence-electron chi connectivity index (χ1n) is 14.7. The SMILES string of the molecule is CC1(C)c2ccccc2-c2cc3c4ccccc4n(-c4ccc5c(=O)c6ccc(-c7ccccc7)cc6oc5c4)c3cc21. The number of nitrogens with zero attached hydrogens (tertiary/aromatic N) is 1. The van der Waals surface area contributed by atoms with Crippen LogP contribution in [-0.4, -0.2) is 4.57 Å². The molecule has 6 aromatic carbocycles. The van der Waals surface area contributed by atoms with Gasteiger partial charge in [-0.3, -0.25) is 4.79 Å². The maximum atomic E-state index is 13.6. The summed E-state index contributed by atoms with van der Waals surface area (Å²) in [5.74, 6) is 0. The summed E-state index contributed by atoms with van der Waals surface area (Å²) in [4.78, 5) is 13.6. The number of hydrogen-bond donors (Lipinski definition) is 0. The molecule has 2 heterocycles. The Hall–Kier alpha value is -5.41. The van der Waals surface area contributed by atoms with Crippen molar-refractivity contribution in [3.8, 4) is 27.9 Å². The quantitative estimate of drug-likeness (QED) is 0.200. The average Bonchev–Trinajstić information content (AvgIpc) is 3.48. The molecule has 0 bridgehead atoms. The molecular formula is C40H27NO2. The molecule has 0 N–H and O–H groups in total. The second-order valence-electron chi connectivity index (χ2n) is 12.1. The molecule has 3 heteroatoms. The highest BCUT2D eigenvalue weighted by Gasteiger charge is 2.36. The molecule has 0 atom stereocenters. The minimum absolute atomic E-state index is 0.0121. The third-order valence-corrected chi connectivity index (χ3v) is 9.40. The molecule has 204 valence electrons. The topological polar surface area (TPSA) is 35.1 Å². The van der Waals surface area contributed by atoms with E-state index in [1.54, 1.807) is 0 Å². The van der Waals surface area contributed by atoms with Gasteiger partial charge in [-0.25, -0.2) is 0 Å². The van der Waals surface area contributed by atoms with Crippen molar-refractivity contribution in [1.29, 1.82) is 0 Å². The van der Waals surface area contributed by atoms with Gasteiger partial charge in [0.15, 0.2) is 0 Å². The fraction of sp³-hybridized carbons (Fsp3) is 0.0750. The van der Waals surface area contributed by atoms with E-state index < -0.39 is 0 Å². The summed E-state index contributed by atoms with van der Waals surface area (Å²) < 4.78 is 8.80. The molecule has 3 nitrogen and oxygen atoms in total. The van der Waals surface area contributed by atoms with Crippen molar-refractivity contribution in [2.24, 2.45) is 0 Å². The van der Waals surface area contributed by atoms with Gasteiger partial charge >= 0.3 is 0 Å². The first kappa shape index (κ1) is 24.2. The monoisotopic (exact) mass is 553 g/mol. The number of benzene rings is 6. The highest BCUT2D eigenvalue weighted by atomic mass is 16.3. The summed E-state index contributed by atoms with van der Waals surface area (Å²) in [5, 5.41) is 3.60. The number of fused-ring (bicyclic) bond motifs is 8. The Bertz CT molecular complexity index is 2500. The molecule has 0 aliphatic heterocycles. The van der Waals surface area contributed by atoms with E-state index in [0.717, 1.165) is 27.8 Å². The molecule has 0 fully saturated rings. The highest BCUT2D eigenvalue weighted by Crippen LogP contribution is 2.51. The number of para-hydroxylation sites is 1. The number of hydrogen-bond acceptors (Lipinski definition) is 2. The van der Waals surface area contributed by atoms with Crippen LogP contribution in [0, 0.1) is 0 Å². The lowest BCUT2D eigenvalue weighted by atomic mass is 9.82. The van der Waals surface area contributed by atoms with E-state index in [1.165, 1.54) is 33.0 Å². The Kier molecular flexibility index (Phi) is 4.82. The molecule has 0 saturated heterocycles. The van der Waals surface area contributed by atoms with E-state index in [2.05, 4.69) is 91.2 Å². The van der Waals surface area contributed by atoms with Crippen molar-refractivity contribution < 1.29 is 4.42 Å². The van der Waals surface area contributed by atoms with Crippen molar-refractivity contribution in [2.45, 2.75) is 19.3 Å². The van der Waals surface area contributed by atoms with E-state index in [4.69, 9.17) is 4.42 Å². The van der Waals surface area contributed by atoms with Gasteiger partial charge in [0.05, 0.1) is 21.8 Å². The van der Waals surface area contributed by atoms with E-state index >= 15 is 0 Å². The van der Waals surface area contributed by atoms with Gasteiger partial charge in [-0.05, 0) is 75.8 Å². The van der Waals surface area contributed by atoms with Crippen LogP contribution in [0.3, 0.4) is 0 Å². The van der Waals surface area contributed by atoms with Crippen LogP contribution in [0.2, 0.25) is 0 Å². The zero-order valence-corrected chi connectivity index (χ0v) is 23.9. The molecular weight excluding hydrogens is 526 g/mol. The maximum Gasteiger partial charge on any atom is 0.200 e. The molecule has 0 spiro atoms. The summed E-state index contributed by atoms with van der Waals surface area (Å²) in [7, 11) is 0. The fourth-order valence-electron chi connectivity index (χ4n) is 7.23. The normalized spacial score (nSPS) is 13.6. The van der Waals surface area contributed by atoms with Crippen molar-refractivity contribution in [1.82, 2.24) is 4.57 Å². The van der Waals surface area contributed by atoms with E-state index in [0.29, 0.717) is 21.9 Å². The third kappa shape index (κ3) is 3.33. The van der Waals surface area contributed by atoms with Crippen LogP contribution in [0.25, 0.3) is 71.7 Å². The lowest BCUT2D eigenvalue weighted by Crippen LogP contribution is -2.15. The Balaban J connectivity index is 1.30. The third-order valence-electron chi connectivity index (χ3n) is 9.40. The zero-order chi connectivity index (χ0) is 28.9. The van der Waals surface area contributed by atoms with Gasteiger partial charge < -0.3 is 8.98 Å². The summed E-state index contributed by atoms with van der Waals surface area (Å²) >= 11 is 0. The van der Waals surface area contributed by atoms with Crippen molar-refractivity contribution >= 4 is 43.7 Å². The van der Waals surface area contributed by atoms with Crippen LogP contribution >= 0.6 is 0 Å². The van der Waals surface area contributed by atoms with Crippen molar-refractivity contribution in [2.75, 3.05) is 0 Å². The Morgan fingerprint density at radius 1 is 0.535 bits per heavy atom. The highest BCUT2D eigenvalue weighted by molar-refractivity contribution is 6.12. The van der Waals surface area contributed by atoms with Gasteiger partial charge in [0, 0.05) is 27.9 Å². The lowest BCUT2D eigenvalue weighted by molar-refractivity contribution is 0.659. The maximum absolute atomic E-state index is 13.6. The largest absolute Gasteiger partial charge is 0.456 e. The van der Waals surface area contributed by atoms with Crippen molar-refractivity contribution in [3.63, 3.8) is 0 Å². The van der Waals surface area contributed by atoms with Gasteiger partial charge in [-0.15, -0.1) is 0 Å². The van der Waals surface area contributed by atoms with Crippen LogP contribution in [0.4, 0.5) is 0 Å². The fourth-order valence-corrected chi connectivity index (χ4v) is 7.23. The predicted molar refractivity (Wildman–Crippen MR) is 177 cm³/mol. The van der Waals surface area contributed by atoms with Gasteiger partial charge in [-0.2, -0.15) is 0 Å². The smallest absolute Gasteiger partial charge is 0.200 e. The minimum atomic E-state index is -0.104. The van der Waals surface area contributed by atoms with Gasteiger partial charge in [0.1, 0.15) is 11.2 Å². The van der Waals surface area contributed by atoms with Crippen LogP contribution in [0.1, 0.15) is 25.0 Å². The first-order valence-corrected chi connectivity index (χ1v) is 14.7. The molecule has 1 aliphatic carbocycles. The van der Waals surface area contributed by atoms with Gasteiger partial charge in [0.25, 0.3) is 0 Å². The number of aromatic nitrogens is 1. The molecule has 43 heavy (non-hydrogen) atoms. The van der Waals surface area contributed by atoms with Gasteiger partial charge in [-0.1, -0.05) is 92.7 Å². The summed E-state index contributed by atoms with van der Waals surface area (Å²) in [5.41, 5.74) is 11.7. The second kappa shape index (κ2) is 8.56. The van der Waals surface area contributed by atoms with Gasteiger partial charge in [0.2, 0.25) is 5.43 Å². The lowest BCUT2D eigenvalue weighted by Gasteiger charge is -2.21. The van der Waals surface area contributed by atoms with Crippen LogP contribution in [0.5, 0.6) is 0 Å². The van der Waals surface area contributed by atoms with Crippen LogP contribution in [-0.2, 0) is 5.41 Å². The molecule has 0 unspecified atom stereocenters. The molecule has 2 aromatic heterocycles. The molecule has 1 aliphatic rings. The Labute approximate surface area is 248 Å². The molecule has 0 radical (unpaired) electrons. The minimum Gasteiger partial charge on any atom is -0.456 e. The summed E-state index contributed by atoms with van der Waals surface area (Å²) in [6, 6.07) is 44.1. The zero-order valence-electron chi connectivity index (χ0n) is 23.9. The average molecular weight is 554 g/mol. The second-order valence-corrected chi connectivity index (χ2v) is 12.1. The van der Waals surface area contributed by atoms with E-state index in [-0.39, 0.29) is 10.8 Å². The Morgan fingerprint density at radius 2 is 1.26 bits per heavy atom. The molecule has 0 saturated carbocycles. The predicted octanol–water partition coefficient (Wildman–Crippen LogP) is 10.0. The van der Waals surface area contributed by atoms with Crippen LogP contribution in [0.15, 0.2) is 137 Å². The summed E-state index contributed by atoms with van der Waals surface area (Å²) in [6.45, 7) is 4.63.